The molecule has 2 unspecified atom stereocenters. The standard InChI is InChI=1S/C10H15N3O3/c1-12-3-6(11)2-7(12)10(16)13-4-8(14)9(15)5-13/h2-3,8-9,14-15H,4-5,11H2,1H3. The van der Waals surface area contributed by atoms with Crippen molar-refractivity contribution >= 4 is 11.6 Å². The number of hydrogen-bond acceptors (Lipinski definition) is 4. The zero-order valence-corrected chi connectivity index (χ0v) is 9.00. The Morgan fingerprint density at radius 1 is 1.44 bits per heavy atom. The highest BCUT2D eigenvalue weighted by molar-refractivity contribution is 5.94. The van der Waals surface area contributed by atoms with Crippen molar-refractivity contribution in [3.05, 3.63) is 18.0 Å². The fourth-order valence-electron chi connectivity index (χ4n) is 1.90. The maximum atomic E-state index is 12.0. The number of hydrogen-bond donors (Lipinski definition) is 3. The molecular formula is C10H15N3O3. The van der Waals surface area contributed by atoms with Crippen LogP contribution in [0.5, 0.6) is 0 Å². The Labute approximate surface area is 92.9 Å². The van der Waals surface area contributed by atoms with Gasteiger partial charge in [0.25, 0.3) is 5.91 Å². The minimum Gasteiger partial charge on any atom is -0.397 e. The Balaban J connectivity index is 2.17. The topological polar surface area (TPSA) is 91.7 Å². The van der Waals surface area contributed by atoms with Crippen LogP contribution in [0.2, 0.25) is 0 Å². The third-order valence-corrected chi connectivity index (χ3v) is 2.79. The lowest BCUT2D eigenvalue weighted by Gasteiger charge is -2.15. The highest BCUT2D eigenvalue weighted by Gasteiger charge is 2.33. The normalized spacial score (nSPS) is 25.1. The lowest BCUT2D eigenvalue weighted by molar-refractivity contribution is 0.0572. The van der Waals surface area contributed by atoms with Gasteiger partial charge in [-0.1, -0.05) is 0 Å². The van der Waals surface area contributed by atoms with E-state index in [0.29, 0.717) is 11.4 Å². The van der Waals surface area contributed by atoms with Gasteiger partial charge in [0.05, 0.1) is 17.9 Å². The molecule has 2 atom stereocenters. The van der Waals surface area contributed by atoms with Crippen LogP contribution >= 0.6 is 0 Å². The Morgan fingerprint density at radius 2 is 2.00 bits per heavy atom. The molecule has 0 radical (unpaired) electrons. The molecule has 0 saturated carbocycles. The molecule has 0 spiro atoms. The predicted molar refractivity (Wildman–Crippen MR) is 57.7 cm³/mol. The Hall–Kier alpha value is -1.53. The van der Waals surface area contributed by atoms with E-state index in [1.165, 1.54) is 4.90 Å². The average molecular weight is 225 g/mol. The van der Waals surface area contributed by atoms with Gasteiger partial charge in [-0.15, -0.1) is 0 Å². The molecule has 1 aliphatic heterocycles. The number of carbonyl (C=O) groups excluding carboxylic acids is 1. The highest BCUT2D eigenvalue weighted by Crippen LogP contribution is 2.16. The van der Waals surface area contributed by atoms with E-state index >= 15 is 0 Å². The first-order chi connectivity index (χ1) is 7.49. The van der Waals surface area contributed by atoms with E-state index in [9.17, 15) is 15.0 Å². The number of amides is 1. The van der Waals surface area contributed by atoms with Gasteiger partial charge in [0.15, 0.2) is 0 Å². The minimum atomic E-state index is -0.860. The van der Waals surface area contributed by atoms with Crippen LogP contribution in [-0.2, 0) is 7.05 Å². The van der Waals surface area contributed by atoms with E-state index in [1.54, 1.807) is 23.9 Å². The van der Waals surface area contributed by atoms with E-state index in [4.69, 9.17) is 5.73 Å². The van der Waals surface area contributed by atoms with Crippen LogP contribution in [0.4, 0.5) is 5.69 Å². The van der Waals surface area contributed by atoms with Crippen molar-refractivity contribution in [2.75, 3.05) is 18.8 Å². The summed E-state index contributed by atoms with van der Waals surface area (Å²) in [5.74, 6) is -0.227. The molecule has 0 aliphatic carbocycles. The second kappa shape index (κ2) is 3.80. The van der Waals surface area contributed by atoms with Crippen molar-refractivity contribution in [2.24, 2.45) is 7.05 Å². The van der Waals surface area contributed by atoms with Gasteiger partial charge in [0, 0.05) is 26.3 Å². The third kappa shape index (κ3) is 1.77. The first kappa shape index (κ1) is 11.0. The lowest BCUT2D eigenvalue weighted by atomic mass is 10.3. The maximum absolute atomic E-state index is 12.0. The number of nitrogen functional groups attached to an aromatic ring is 1. The van der Waals surface area contributed by atoms with Crippen LogP contribution in [0, 0.1) is 0 Å². The first-order valence-corrected chi connectivity index (χ1v) is 5.06. The number of nitrogens with zero attached hydrogens (tertiary/aromatic N) is 2. The summed E-state index contributed by atoms with van der Waals surface area (Å²) in [6.07, 6.45) is -0.0704. The molecule has 1 aromatic rings. The zero-order chi connectivity index (χ0) is 11.9. The fraction of sp³-hybridized carbons (Fsp3) is 0.500. The second-order valence-corrected chi connectivity index (χ2v) is 4.11. The van der Waals surface area contributed by atoms with Gasteiger partial charge < -0.3 is 25.4 Å². The number of likely N-dealkylation sites (tertiary alicyclic amines) is 1. The quantitative estimate of drug-likeness (QED) is 0.559. The molecule has 4 N–H and O–H groups in total. The summed E-state index contributed by atoms with van der Waals surface area (Å²) in [5, 5.41) is 18.7. The molecule has 0 bridgehead atoms. The van der Waals surface area contributed by atoms with E-state index in [1.807, 2.05) is 0 Å². The fourth-order valence-corrected chi connectivity index (χ4v) is 1.90. The average Bonchev–Trinajstić information content (AvgIpc) is 2.70. The Bertz CT molecular complexity index is 405. The molecule has 1 fully saturated rings. The van der Waals surface area contributed by atoms with Crippen molar-refractivity contribution in [3.8, 4) is 0 Å². The largest absolute Gasteiger partial charge is 0.397 e. The molecule has 16 heavy (non-hydrogen) atoms. The summed E-state index contributed by atoms with van der Waals surface area (Å²) in [4.78, 5) is 13.4. The van der Waals surface area contributed by atoms with Gasteiger partial charge in [-0.3, -0.25) is 4.79 Å². The molecule has 88 valence electrons. The SMILES string of the molecule is Cn1cc(N)cc1C(=O)N1CC(O)C(O)C1. The summed E-state index contributed by atoms with van der Waals surface area (Å²) in [7, 11) is 1.73. The smallest absolute Gasteiger partial charge is 0.270 e. The van der Waals surface area contributed by atoms with Crippen LogP contribution in [-0.4, -0.2) is 50.9 Å². The first-order valence-electron chi connectivity index (χ1n) is 5.06. The summed E-state index contributed by atoms with van der Waals surface area (Å²) in [6.45, 7) is 0.316. The molecule has 2 rings (SSSR count). The van der Waals surface area contributed by atoms with E-state index < -0.39 is 12.2 Å². The molecule has 6 nitrogen and oxygen atoms in total. The molecule has 1 amide bonds. The van der Waals surface area contributed by atoms with Crippen LogP contribution in [0.1, 0.15) is 10.5 Å². The number of aliphatic hydroxyl groups is 2. The minimum absolute atomic E-state index is 0.158. The third-order valence-electron chi connectivity index (χ3n) is 2.79. The van der Waals surface area contributed by atoms with Crippen LogP contribution in [0.3, 0.4) is 0 Å². The molecule has 1 aliphatic rings. The maximum Gasteiger partial charge on any atom is 0.270 e. The molecule has 1 aromatic heterocycles. The number of rotatable bonds is 1. The van der Waals surface area contributed by atoms with E-state index in [2.05, 4.69) is 0 Å². The molecular weight excluding hydrogens is 210 g/mol. The number of carbonyl (C=O) groups is 1. The van der Waals surface area contributed by atoms with Crippen molar-refractivity contribution in [3.63, 3.8) is 0 Å². The number of aryl methyl sites for hydroxylation is 1. The van der Waals surface area contributed by atoms with Gasteiger partial charge >= 0.3 is 0 Å². The summed E-state index contributed by atoms with van der Waals surface area (Å²) in [6, 6.07) is 1.58. The van der Waals surface area contributed by atoms with Crippen LogP contribution < -0.4 is 5.73 Å². The highest BCUT2D eigenvalue weighted by atomic mass is 16.3. The van der Waals surface area contributed by atoms with Crippen LogP contribution in [0.25, 0.3) is 0 Å². The Kier molecular flexibility index (Phi) is 2.61. The summed E-state index contributed by atoms with van der Waals surface area (Å²) in [5.41, 5.74) is 6.56. The molecule has 0 aromatic carbocycles. The monoisotopic (exact) mass is 225 g/mol. The summed E-state index contributed by atoms with van der Waals surface area (Å²) < 4.78 is 1.63. The van der Waals surface area contributed by atoms with E-state index in [-0.39, 0.29) is 19.0 Å². The Morgan fingerprint density at radius 3 is 2.44 bits per heavy atom. The number of aromatic nitrogens is 1. The van der Waals surface area contributed by atoms with Gasteiger partial charge in [-0.25, -0.2) is 0 Å². The van der Waals surface area contributed by atoms with Gasteiger partial charge in [-0.05, 0) is 6.07 Å². The number of nitrogens with two attached hydrogens (primary N) is 1. The van der Waals surface area contributed by atoms with Gasteiger partial charge in [-0.2, -0.15) is 0 Å². The van der Waals surface area contributed by atoms with E-state index in [0.717, 1.165) is 0 Å². The molecule has 1 saturated heterocycles. The number of aliphatic hydroxyl groups excluding tert-OH is 2. The van der Waals surface area contributed by atoms with Crippen molar-refractivity contribution in [1.82, 2.24) is 9.47 Å². The zero-order valence-electron chi connectivity index (χ0n) is 9.00. The van der Waals surface area contributed by atoms with Crippen molar-refractivity contribution in [2.45, 2.75) is 12.2 Å². The number of anilines is 1. The summed E-state index contributed by atoms with van der Waals surface area (Å²) >= 11 is 0. The van der Waals surface area contributed by atoms with Crippen molar-refractivity contribution < 1.29 is 15.0 Å². The van der Waals surface area contributed by atoms with Gasteiger partial charge in [0.2, 0.25) is 0 Å². The number of β-amino-alcohol motifs (C(OH)–C–C–N with tert-alkyl or cyclic N) is 2. The lowest BCUT2D eigenvalue weighted by Crippen LogP contribution is -2.31. The van der Waals surface area contributed by atoms with Crippen LogP contribution in [0.15, 0.2) is 12.3 Å². The van der Waals surface area contributed by atoms with Crippen molar-refractivity contribution in [1.29, 1.82) is 0 Å². The second-order valence-electron chi connectivity index (χ2n) is 4.11. The molecule has 6 heteroatoms. The molecule has 2 heterocycles. The van der Waals surface area contributed by atoms with Gasteiger partial charge in [0.1, 0.15) is 5.69 Å². The predicted octanol–water partition coefficient (Wildman–Crippen LogP) is -1.22.